The summed E-state index contributed by atoms with van der Waals surface area (Å²) < 4.78 is 15.5. The fourth-order valence-corrected chi connectivity index (χ4v) is 1.17. The van der Waals surface area contributed by atoms with E-state index in [0.29, 0.717) is 39.5 Å². The molecule has 0 aliphatic heterocycles. The Hall–Kier alpha value is -0.690. The molecule has 0 atom stereocenters. The first kappa shape index (κ1) is 16.3. The number of methoxy groups -OCH3 is 1. The molecule has 3 N–H and O–H groups in total. The van der Waals surface area contributed by atoms with Gasteiger partial charge in [0.2, 0.25) is 5.91 Å². The highest BCUT2D eigenvalue weighted by atomic mass is 16.5. The highest BCUT2D eigenvalue weighted by Gasteiger charge is 1.97. The SMILES string of the molecule is COCCOCCCOCCCCC(=O)NN. The van der Waals surface area contributed by atoms with Crippen LogP contribution in [-0.2, 0) is 19.0 Å². The van der Waals surface area contributed by atoms with Gasteiger partial charge < -0.3 is 14.2 Å². The minimum Gasteiger partial charge on any atom is -0.382 e. The van der Waals surface area contributed by atoms with E-state index >= 15 is 0 Å². The van der Waals surface area contributed by atoms with E-state index in [1.165, 1.54) is 0 Å². The molecule has 6 nitrogen and oxygen atoms in total. The molecule has 0 aromatic carbocycles. The van der Waals surface area contributed by atoms with Crippen LogP contribution in [0.2, 0.25) is 0 Å². The van der Waals surface area contributed by atoms with E-state index in [2.05, 4.69) is 5.43 Å². The van der Waals surface area contributed by atoms with Crippen molar-refractivity contribution in [3.8, 4) is 0 Å². The summed E-state index contributed by atoms with van der Waals surface area (Å²) in [5.74, 6) is 4.82. The summed E-state index contributed by atoms with van der Waals surface area (Å²) in [5.41, 5.74) is 2.09. The van der Waals surface area contributed by atoms with Crippen molar-refractivity contribution in [1.29, 1.82) is 0 Å². The Morgan fingerprint density at radius 2 is 1.65 bits per heavy atom. The van der Waals surface area contributed by atoms with Crippen LogP contribution in [0.3, 0.4) is 0 Å². The topological polar surface area (TPSA) is 82.8 Å². The summed E-state index contributed by atoms with van der Waals surface area (Å²) in [5, 5.41) is 0. The van der Waals surface area contributed by atoms with Crippen molar-refractivity contribution < 1.29 is 19.0 Å². The van der Waals surface area contributed by atoms with E-state index in [1.54, 1.807) is 7.11 Å². The van der Waals surface area contributed by atoms with Crippen LogP contribution in [0.5, 0.6) is 0 Å². The van der Waals surface area contributed by atoms with Crippen molar-refractivity contribution in [3.63, 3.8) is 0 Å². The van der Waals surface area contributed by atoms with Crippen LogP contribution in [0, 0.1) is 0 Å². The Kier molecular flexibility index (Phi) is 12.8. The molecule has 0 aliphatic carbocycles. The average molecular weight is 248 g/mol. The molecule has 0 aromatic heterocycles. The summed E-state index contributed by atoms with van der Waals surface area (Å²) in [7, 11) is 1.65. The molecule has 0 unspecified atom stereocenters. The Bertz CT molecular complexity index is 179. The third kappa shape index (κ3) is 13.2. The first-order valence-electron chi connectivity index (χ1n) is 5.95. The molecule has 0 aromatic rings. The Labute approximate surface area is 103 Å². The van der Waals surface area contributed by atoms with Crippen LogP contribution in [-0.4, -0.2) is 46.1 Å². The summed E-state index contributed by atoms with van der Waals surface area (Å²) in [6, 6.07) is 0. The van der Waals surface area contributed by atoms with Gasteiger partial charge in [-0.15, -0.1) is 0 Å². The highest BCUT2D eigenvalue weighted by Crippen LogP contribution is 1.96. The lowest BCUT2D eigenvalue weighted by Gasteiger charge is -2.05. The highest BCUT2D eigenvalue weighted by molar-refractivity contribution is 5.74. The zero-order chi connectivity index (χ0) is 12.8. The van der Waals surface area contributed by atoms with Gasteiger partial charge in [-0.2, -0.15) is 0 Å². The van der Waals surface area contributed by atoms with Crippen LogP contribution >= 0.6 is 0 Å². The average Bonchev–Trinajstić information content (AvgIpc) is 2.35. The van der Waals surface area contributed by atoms with E-state index < -0.39 is 0 Å². The third-order valence-electron chi connectivity index (χ3n) is 2.11. The monoisotopic (exact) mass is 248 g/mol. The first-order valence-corrected chi connectivity index (χ1v) is 5.95. The quantitative estimate of drug-likeness (QED) is 0.223. The number of amides is 1. The fourth-order valence-electron chi connectivity index (χ4n) is 1.17. The van der Waals surface area contributed by atoms with Gasteiger partial charge in [-0.25, -0.2) is 5.84 Å². The molecule has 17 heavy (non-hydrogen) atoms. The number of carbonyl (C=O) groups excluding carboxylic acids is 1. The van der Waals surface area contributed by atoms with Gasteiger partial charge >= 0.3 is 0 Å². The fraction of sp³-hybridized carbons (Fsp3) is 0.909. The molecule has 0 aliphatic rings. The van der Waals surface area contributed by atoms with Crippen molar-refractivity contribution in [2.45, 2.75) is 25.7 Å². The maximum atomic E-state index is 10.8. The van der Waals surface area contributed by atoms with Gasteiger partial charge in [0.1, 0.15) is 0 Å². The minimum atomic E-state index is -0.128. The zero-order valence-electron chi connectivity index (χ0n) is 10.6. The lowest BCUT2D eigenvalue weighted by Crippen LogP contribution is -2.29. The molecule has 0 heterocycles. The maximum Gasteiger partial charge on any atom is 0.233 e. The molecule has 0 rings (SSSR count). The number of hydrazine groups is 1. The lowest BCUT2D eigenvalue weighted by atomic mass is 10.2. The van der Waals surface area contributed by atoms with Gasteiger partial charge in [-0.3, -0.25) is 10.2 Å². The van der Waals surface area contributed by atoms with E-state index in [9.17, 15) is 4.79 Å². The second-order valence-electron chi connectivity index (χ2n) is 3.60. The predicted molar refractivity (Wildman–Crippen MR) is 64.3 cm³/mol. The molecule has 0 bridgehead atoms. The molecule has 0 spiro atoms. The normalized spacial score (nSPS) is 10.5. The molecule has 6 heteroatoms. The number of unbranched alkanes of at least 4 members (excludes halogenated alkanes) is 1. The Balaban J connectivity index is 2.96. The number of rotatable bonds is 12. The molecular weight excluding hydrogens is 224 g/mol. The molecule has 0 fully saturated rings. The largest absolute Gasteiger partial charge is 0.382 e. The van der Waals surface area contributed by atoms with Crippen LogP contribution in [0.1, 0.15) is 25.7 Å². The van der Waals surface area contributed by atoms with Crippen LogP contribution in [0.15, 0.2) is 0 Å². The summed E-state index contributed by atoms with van der Waals surface area (Å²) in [6.07, 6.45) is 3.01. The smallest absolute Gasteiger partial charge is 0.233 e. The van der Waals surface area contributed by atoms with E-state index in [1.807, 2.05) is 0 Å². The van der Waals surface area contributed by atoms with Gasteiger partial charge in [-0.1, -0.05) is 0 Å². The minimum absolute atomic E-state index is 0.128. The van der Waals surface area contributed by atoms with Gasteiger partial charge in [0.25, 0.3) is 0 Å². The maximum absolute atomic E-state index is 10.8. The van der Waals surface area contributed by atoms with E-state index in [4.69, 9.17) is 20.1 Å². The third-order valence-corrected chi connectivity index (χ3v) is 2.11. The van der Waals surface area contributed by atoms with E-state index in [-0.39, 0.29) is 5.91 Å². The summed E-state index contributed by atoms with van der Waals surface area (Å²) in [6.45, 7) is 3.32. The molecule has 1 amide bonds. The second-order valence-corrected chi connectivity index (χ2v) is 3.60. The number of carbonyl (C=O) groups is 1. The van der Waals surface area contributed by atoms with Gasteiger partial charge in [0.05, 0.1) is 13.2 Å². The molecule has 0 saturated carbocycles. The van der Waals surface area contributed by atoms with Crippen molar-refractivity contribution in [2.75, 3.05) is 40.1 Å². The van der Waals surface area contributed by atoms with Crippen molar-refractivity contribution in [3.05, 3.63) is 0 Å². The van der Waals surface area contributed by atoms with Gasteiger partial charge in [0.15, 0.2) is 0 Å². The van der Waals surface area contributed by atoms with E-state index in [0.717, 1.165) is 19.3 Å². The number of ether oxygens (including phenoxy) is 3. The summed E-state index contributed by atoms with van der Waals surface area (Å²) in [4.78, 5) is 10.8. The predicted octanol–water partition coefficient (Wildman–Crippen LogP) is 0.216. The van der Waals surface area contributed by atoms with Crippen LogP contribution < -0.4 is 11.3 Å². The standard InChI is InChI=1S/C11H24N2O4/c1-15-9-10-17-8-4-7-16-6-3-2-5-11(14)13-12/h2-10,12H2,1H3,(H,13,14). The molecular formula is C11H24N2O4. The van der Waals surface area contributed by atoms with Gasteiger partial charge in [0, 0.05) is 33.4 Å². The van der Waals surface area contributed by atoms with Crippen LogP contribution in [0.25, 0.3) is 0 Å². The molecule has 0 radical (unpaired) electrons. The number of nitrogens with two attached hydrogens (primary N) is 1. The van der Waals surface area contributed by atoms with Crippen LogP contribution in [0.4, 0.5) is 0 Å². The summed E-state index contributed by atoms with van der Waals surface area (Å²) >= 11 is 0. The number of nitrogens with one attached hydrogen (secondary N) is 1. The Morgan fingerprint density at radius 3 is 2.29 bits per heavy atom. The second kappa shape index (κ2) is 13.4. The first-order chi connectivity index (χ1) is 8.31. The Morgan fingerprint density at radius 1 is 1.00 bits per heavy atom. The van der Waals surface area contributed by atoms with Crippen molar-refractivity contribution in [1.82, 2.24) is 5.43 Å². The number of hydrogen-bond donors (Lipinski definition) is 2. The molecule has 0 saturated heterocycles. The zero-order valence-corrected chi connectivity index (χ0v) is 10.6. The van der Waals surface area contributed by atoms with Crippen molar-refractivity contribution >= 4 is 5.91 Å². The molecule has 102 valence electrons. The lowest BCUT2D eigenvalue weighted by molar-refractivity contribution is -0.121. The number of hydrogen-bond acceptors (Lipinski definition) is 5. The van der Waals surface area contributed by atoms with Crippen molar-refractivity contribution in [2.24, 2.45) is 5.84 Å². The van der Waals surface area contributed by atoms with Gasteiger partial charge in [-0.05, 0) is 19.3 Å².